The highest BCUT2D eigenvalue weighted by molar-refractivity contribution is 5.66. The van der Waals surface area contributed by atoms with Crippen LogP contribution in [-0.2, 0) is 4.74 Å². The minimum atomic E-state index is -0.769. The van der Waals surface area contributed by atoms with Crippen LogP contribution in [0.5, 0.6) is 5.75 Å². The Hall–Kier alpha value is -4.14. The van der Waals surface area contributed by atoms with Crippen molar-refractivity contribution in [3.63, 3.8) is 0 Å². The van der Waals surface area contributed by atoms with Crippen molar-refractivity contribution in [1.29, 1.82) is 5.26 Å². The van der Waals surface area contributed by atoms with Crippen molar-refractivity contribution in [2.24, 2.45) is 11.7 Å². The Kier molecular flexibility index (Phi) is 8.42. The van der Waals surface area contributed by atoms with Gasteiger partial charge >= 0.3 is 0 Å². The number of anilines is 2. The van der Waals surface area contributed by atoms with Crippen LogP contribution in [0.15, 0.2) is 48.9 Å². The molecular formula is C30H33F2N7O2. The Balaban J connectivity index is 1.41. The second kappa shape index (κ2) is 12.2. The molecule has 1 saturated carbocycles. The topological polar surface area (TPSA) is 123 Å². The van der Waals surface area contributed by atoms with E-state index in [9.17, 15) is 0 Å². The monoisotopic (exact) mass is 561 g/mol. The predicted octanol–water partition coefficient (Wildman–Crippen LogP) is 5.74. The van der Waals surface area contributed by atoms with E-state index in [4.69, 9.17) is 20.5 Å². The van der Waals surface area contributed by atoms with Crippen LogP contribution in [-0.4, -0.2) is 44.4 Å². The fourth-order valence-corrected chi connectivity index (χ4v) is 5.57. The van der Waals surface area contributed by atoms with Crippen LogP contribution in [0, 0.1) is 28.9 Å². The highest BCUT2D eigenvalue weighted by atomic mass is 19.1. The zero-order chi connectivity index (χ0) is 29.1. The Morgan fingerprint density at radius 1 is 1.17 bits per heavy atom. The number of rotatable bonds is 9. The van der Waals surface area contributed by atoms with E-state index in [-0.39, 0.29) is 47.1 Å². The van der Waals surface area contributed by atoms with Crippen LogP contribution in [0.25, 0.3) is 16.8 Å². The number of nitriles is 1. The minimum absolute atomic E-state index is 0.108. The molecule has 1 aliphatic rings. The minimum Gasteiger partial charge on any atom is -0.491 e. The second-order valence-electron chi connectivity index (χ2n) is 10.7. The normalized spacial score (nSPS) is 20.7. The number of imidazole rings is 1. The van der Waals surface area contributed by atoms with Crippen LogP contribution >= 0.6 is 0 Å². The van der Waals surface area contributed by atoms with E-state index in [1.807, 2.05) is 6.07 Å². The number of nitrogens with two attached hydrogens (primary N) is 1. The molecule has 9 nitrogen and oxygen atoms in total. The summed E-state index contributed by atoms with van der Waals surface area (Å²) in [6.07, 6.45) is 6.66. The van der Waals surface area contributed by atoms with Gasteiger partial charge in [-0.15, -0.1) is 0 Å². The molecule has 3 aromatic heterocycles. The first-order chi connectivity index (χ1) is 19.7. The zero-order valence-electron chi connectivity index (χ0n) is 23.2. The molecule has 11 heteroatoms. The summed E-state index contributed by atoms with van der Waals surface area (Å²) in [5.41, 5.74) is 8.82. The molecule has 214 valence electrons. The predicted molar refractivity (Wildman–Crippen MR) is 151 cm³/mol. The van der Waals surface area contributed by atoms with Gasteiger partial charge in [-0.2, -0.15) is 14.9 Å². The number of nitrogens with zero attached hydrogens (tertiary/aromatic N) is 5. The summed E-state index contributed by atoms with van der Waals surface area (Å²) in [7, 11) is 0. The Bertz CT molecular complexity index is 1530. The molecule has 0 amide bonds. The van der Waals surface area contributed by atoms with Crippen molar-refractivity contribution in [3.8, 4) is 23.1 Å². The fourth-order valence-electron chi connectivity index (χ4n) is 5.57. The zero-order valence-corrected chi connectivity index (χ0v) is 23.2. The molecule has 0 saturated heterocycles. The molecule has 1 aliphatic carbocycles. The van der Waals surface area contributed by atoms with E-state index in [2.05, 4.69) is 33.4 Å². The number of hydrogen-bond donors (Lipinski definition) is 2. The summed E-state index contributed by atoms with van der Waals surface area (Å²) in [5.74, 6) is -0.704. The average molecular weight is 562 g/mol. The number of fused-ring (bicyclic) bond motifs is 1. The first-order valence-corrected chi connectivity index (χ1v) is 13.7. The van der Waals surface area contributed by atoms with Crippen LogP contribution in [0.1, 0.15) is 51.5 Å². The van der Waals surface area contributed by atoms with Gasteiger partial charge in [-0.05, 0) is 62.3 Å². The van der Waals surface area contributed by atoms with E-state index in [1.54, 1.807) is 44.6 Å². The van der Waals surface area contributed by atoms with E-state index < -0.39 is 11.6 Å². The van der Waals surface area contributed by atoms with Gasteiger partial charge in [0.05, 0.1) is 66.2 Å². The number of hydrogen-bond acceptors (Lipinski definition) is 8. The molecule has 0 spiro atoms. The highest BCUT2D eigenvalue weighted by Gasteiger charge is 2.35. The van der Waals surface area contributed by atoms with Gasteiger partial charge in [0.2, 0.25) is 5.95 Å². The van der Waals surface area contributed by atoms with E-state index in [0.717, 1.165) is 29.8 Å². The standard InChI is InChI=1S/C30H33F2N7O2/c1-17(2)41-21-13-23(31)28(24(32)14-21)26-6-5-20-15-36-30(39(20)38-26)37-27-16-35-9-7-22(27)19-11-18(3)29(25(34)12-19)40-10-4-8-33/h5-7,9,13-19,25,29H,4,10-12,34H2,1-3H3,(H,36,37). The molecule has 41 heavy (non-hydrogen) atoms. The lowest BCUT2D eigenvalue weighted by Crippen LogP contribution is -2.46. The average Bonchev–Trinajstić information content (AvgIpc) is 3.31. The lowest BCUT2D eigenvalue weighted by atomic mass is 9.74. The van der Waals surface area contributed by atoms with Gasteiger partial charge in [0.25, 0.3) is 0 Å². The van der Waals surface area contributed by atoms with Gasteiger partial charge < -0.3 is 20.5 Å². The molecule has 1 fully saturated rings. The van der Waals surface area contributed by atoms with Gasteiger partial charge in [0.1, 0.15) is 17.4 Å². The molecule has 0 radical (unpaired) electrons. The second-order valence-corrected chi connectivity index (χ2v) is 10.7. The number of ether oxygens (including phenoxy) is 2. The van der Waals surface area contributed by atoms with Crippen molar-refractivity contribution in [3.05, 3.63) is 66.1 Å². The third kappa shape index (κ3) is 6.14. The first-order valence-electron chi connectivity index (χ1n) is 13.7. The Labute approximate surface area is 237 Å². The molecule has 5 rings (SSSR count). The van der Waals surface area contributed by atoms with E-state index in [1.165, 1.54) is 4.52 Å². The number of pyridine rings is 1. The molecule has 4 aromatic rings. The third-order valence-corrected chi connectivity index (χ3v) is 7.29. The summed E-state index contributed by atoms with van der Waals surface area (Å²) in [5, 5.41) is 16.7. The summed E-state index contributed by atoms with van der Waals surface area (Å²) in [4.78, 5) is 8.77. The lowest BCUT2D eigenvalue weighted by molar-refractivity contribution is -0.0198. The number of nitrogens with one attached hydrogen (secondary N) is 1. The van der Waals surface area contributed by atoms with Crippen LogP contribution in [0.2, 0.25) is 0 Å². The smallest absolute Gasteiger partial charge is 0.229 e. The summed E-state index contributed by atoms with van der Waals surface area (Å²) < 4.78 is 42.9. The quantitative estimate of drug-likeness (QED) is 0.248. The number of benzene rings is 1. The molecule has 3 N–H and O–H groups in total. The van der Waals surface area contributed by atoms with Crippen LogP contribution in [0.4, 0.5) is 20.4 Å². The maximum atomic E-state index is 15.0. The summed E-state index contributed by atoms with van der Waals surface area (Å²) in [6, 6.07) is 9.47. The van der Waals surface area contributed by atoms with Gasteiger partial charge in [-0.3, -0.25) is 4.98 Å². The maximum absolute atomic E-state index is 15.0. The maximum Gasteiger partial charge on any atom is 0.229 e. The molecule has 3 heterocycles. The number of aromatic nitrogens is 4. The van der Waals surface area contributed by atoms with Crippen LogP contribution in [0.3, 0.4) is 0 Å². The third-order valence-electron chi connectivity index (χ3n) is 7.29. The van der Waals surface area contributed by atoms with Crippen molar-refractivity contribution in [1.82, 2.24) is 19.6 Å². The van der Waals surface area contributed by atoms with Gasteiger partial charge in [0, 0.05) is 24.4 Å². The Morgan fingerprint density at radius 3 is 2.66 bits per heavy atom. The van der Waals surface area contributed by atoms with Crippen LogP contribution < -0.4 is 15.8 Å². The molecule has 4 unspecified atom stereocenters. The molecule has 0 aliphatic heterocycles. The molecule has 0 bridgehead atoms. The molecule has 4 atom stereocenters. The van der Waals surface area contributed by atoms with E-state index >= 15 is 8.78 Å². The van der Waals surface area contributed by atoms with Gasteiger partial charge in [0.15, 0.2) is 0 Å². The Morgan fingerprint density at radius 2 is 1.95 bits per heavy atom. The SMILES string of the molecule is CC(C)Oc1cc(F)c(-c2ccc3cnc(Nc4cnccc4C4CC(C)C(OCCC#N)C(N)C4)n3n2)c(F)c1. The molecular weight excluding hydrogens is 528 g/mol. The van der Waals surface area contributed by atoms with Crippen molar-refractivity contribution >= 4 is 17.2 Å². The largest absolute Gasteiger partial charge is 0.491 e. The first kappa shape index (κ1) is 28.4. The lowest BCUT2D eigenvalue weighted by Gasteiger charge is -2.39. The van der Waals surface area contributed by atoms with Gasteiger partial charge in [-0.25, -0.2) is 13.8 Å². The van der Waals surface area contributed by atoms with Crippen molar-refractivity contribution in [2.45, 2.75) is 64.2 Å². The van der Waals surface area contributed by atoms with Crippen molar-refractivity contribution in [2.75, 3.05) is 11.9 Å². The highest BCUT2D eigenvalue weighted by Crippen LogP contribution is 2.40. The van der Waals surface area contributed by atoms with Crippen molar-refractivity contribution < 1.29 is 18.3 Å². The fraction of sp³-hybridized carbons (Fsp3) is 0.400. The number of halogens is 2. The summed E-state index contributed by atoms with van der Waals surface area (Å²) in [6.45, 7) is 6.06. The summed E-state index contributed by atoms with van der Waals surface area (Å²) >= 11 is 0. The van der Waals surface area contributed by atoms with Gasteiger partial charge in [-0.1, -0.05) is 6.92 Å². The van der Waals surface area contributed by atoms with E-state index in [0.29, 0.717) is 30.9 Å². The molecule has 1 aromatic carbocycles.